The first kappa shape index (κ1) is 14.8. The topological polar surface area (TPSA) is 68.5 Å². The van der Waals surface area contributed by atoms with Gasteiger partial charge in [0.2, 0.25) is 0 Å². The number of nitrogens with zero attached hydrogens (tertiary/aromatic N) is 3. The number of benzene rings is 1. The Hall–Kier alpha value is -2.63. The van der Waals surface area contributed by atoms with Crippen LogP contribution in [-0.2, 0) is 11.8 Å². The molecule has 6 heteroatoms. The highest BCUT2D eigenvalue weighted by Crippen LogP contribution is 2.18. The van der Waals surface area contributed by atoms with Crippen LogP contribution in [0.5, 0.6) is 5.75 Å². The fraction of sp³-hybridized carbons (Fsp3) is 0.267. The summed E-state index contributed by atoms with van der Waals surface area (Å²) in [7, 11) is 1.81. The third-order valence-corrected chi connectivity index (χ3v) is 2.83. The number of rotatable bonds is 5. The van der Waals surface area contributed by atoms with Gasteiger partial charge < -0.3 is 4.74 Å². The van der Waals surface area contributed by atoms with Crippen molar-refractivity contribution in [3.05, 3.63) is 47.3 Å². The van der Waals surface area contributed by atoms with Gasteiger partial charge in [-0.15, -0.1) is 0 Å². The van der Waals surface area contributed by atoms with Gasteiger partial charge >= 0.3 is 0 Å². The van der Waals surface area contributed by atoms with Crippen LogP contribution in [0.15, 0.2) is 35.7 Å². The minimum atomic E-state index is -0.309. The van der Waals surface area contributed by atoms with Crippen LogP contribution in [0.25, 0.3) is 0 Å². The predicted octanol–water partition coefficient (Wildman–Crippen LogP) is 1.57. The van der Waals surface area contributed by atoms with Crippen LogP contribution in [0.3, 0.4) is 0 Å². The van der Waals surface area contributed by atoms with Crippen LogP contribution >= 0.6 is 0 Å². The van der Waals surface area contributed by atoms with Gasteiger partial charge in [0.15, 0.2) is 6.61 Å². The minimum absolute atomic E-state index is 0.0747. The monoisotopic (exact) mass is 286 g/mol. The summed E-state index contributed by atoms with van der Waals surface area (Å²) in [5, 5.41) is 7.85. The standard InChI is InChI=1S/C15H18N4O2/c1-11-4-5-12(2)14(6-11)21-10-15(20)18-16-7-13-8-17-19(3)9-13/h4-9H,10H2,1-3H3,(H,18,20)/b16-7+. The molecule has 0 bridgehead atoms. The molecule has 1 amide bonds. The van der Waals surface area contributed by atoms with E-state index in [2.05, 4.69) is 15.6 Å². The van der Waals surface area contributed by atoms with Crippen LogP contribution in [0.4, 0.5) is 0 Å². The zero-order valence-electron chi connectivity index (χ0n) is 12.3. The smallest absolute Gasteiger partial charge is 0.277 e. The molecule has 1 aromatic heterocycles. The van der Waals surface area contributed by atoms with Gasteiger partial charge in [0, 0.05) is 18.8 Å². The van der Waals surface area contributed by atoms with Gasteiger partial charge in [-0.1, -0.05) is 12.1 Å². The number of amides is 1. The molecule has 1 aromatic carbocycles. The summed E-state index contributed by atoms with van der Waals surface area (Å²) in [5.41, 5.74) is 5.31. The predicted molar refractivity (Wildman–Crippen MR) is 80.4 cm³/mol. The van der Waals surface area contributed by atoms with Gasteiger partial charge in [-0.05, 0) is 31.0 Å². The Morgan fingerprint density at radius 2 is 2.29 bits per heavy atom. The van der Waals surface area contributed by atoms with E-state index in [1.165, 1.54) is 6.21 Å². The Balaban J connectivity index is 1.82. The number of aryl methyl sites for hydroxylation is 3. The number of nitrogens with one attached hydrogen (secondary N) is 1. The molecule has 1 N–H and O–H groups in total. The zero-order valence-corrected chi connectivity index (χ0v) is 12.3. The Morgan fingerprint density at radius 3 is 3.00 bits per heavy atom. The van der Waals surface area contributed by atoms with E-state index in [-0.39, 0.29) is 12.5 Å². The molecule has 0 saturated heterocycles. The second kappa shape index (κ2) is 6.69. The summed E-state index contributed by atoms with van der Waals surface area (Å²) in [6, 6.07) is 5.87. The Kier molecular flexibility index (Phi) is 4.71. The van der Waals surface area contributed by atoms with E-state index in [1.54, 1.807) is 17.1 Å². The Morgan fingerprint density at radius 1 is 1.48 bits per heavy atom. The molecule has 110 valence electrons. The molecule has 0 radical (unpaired) electrons. The molecular weight excluding hydrogens is 268 g/mol. The largest absolute Gasteiger partial charge is 0.483 e. The van der Waals surface area contributed by atoms with Crippen molar-refractivity contribution in [1.29, 1.82) is 0 Å². The van der Waals surface area contributed by atoms with E-state index in [1.807, 2.05) is 39.1 Å². The summed E-state index contributed by atoms with van der Waals surface area (Å²) in [6.45, 7) is 3.84. The molecule has 0 spiro atoms. The lowest BCUT2D eigenvalue weighted by atomic mass is 10.1. The molecule has 0 aliphatic rings. The number of carbonyl (C=O) groups excluding carboxylic acids is 1. The average Bonchev–Trinajstić information content (AvgIpc) is 2.85. The maximum absolute atomic E-state index is 11.6. The average molecular weight is 286 g/mol. The normalized spacial score (nSPS) is 10.8. The fourth-order valence-corrected chi connectivity index (χ4v) is 1.72. The second-order valence-corrected chi connectivity index (χ2v) is 4.80. The van der Waals surface area contributed by atoms with Gasteiger partial charge in [0.25, 0.3) is 5.91 Å². The van der Waals surface area contributed by atoms with Crippen LogP contribution in [0, 0.1) is 13.8 Å². The third-order valence-electron chi connectivity index (χ3n) is 2.83. The highest BCUT2D eigenvalue weighted by molar-refractivity contribution is 5.82. The molecule has 0 aliphatic carbocycles. The van der Waals surface area contributed by atoms with E-state index in [4.69, 9.17) is 4.74 Å². The minimum Gasteiger partial charge on any atom is -0.483 e. The molecule has 0 atom stereocenters. The Bertz CT molecular complexity index is 661. The van der Waals surface area contributed by atoms with Crippen molar-refractivity contribution in [2.24, 2.45) is 12.1 Å². The number of ether oxygens (including phenoxy) is 1. The van der Waals surface area contributed by atoms with Crippen molar-refractivity contribution >= 4 is 12.1 Å². The molecule has 6 nitrogen and oxygen atoms in total. The van der Waals surface area contributed by atoms with Gasteiger partial charge in [-0.2, -0.15) is 10.2 Å². The van der Waals surface area contributed by atoms with E-state index >= 15 is 0 Å². The van der Waals surface area contributed by atoms with Gasteiger partial charge in [0.05, 0.1) is 12.4 Å². The van der Waals surface area contributed by atoms with Crippen molar-refractivity contribution in [3.8, 4) is 5.75 Å². The lowest BCUT2D eigenvalue weighted by Gasteiger charge is -2.08. The molecule has 0 aliphatic heterocycles. The van der Waals surface area contributed by atoms with Crippen molar-refractivity contribution in [2.75, 3.05) is 6.61 Å². The van der Waals surface area contributed by atoms with Crippen LogP contribution < -0.4 is 10.2 Å². The highest BCUT2D eigenvalue weighted by Gasteiger charge is 2.04. The van der Waals surface area contributed by atoms with Crippen molar-refractivity contribution < 1.29 is 9.53 Å². The quantitative estimate of drug-likeness (QED) is 0.670. The van der Waals surface area contributed by atoms with Gasteiger partial charge in [-0.3, -0.25) is 9.48 Å². The number of carbonyl (C=O) groups is 1. The van der Waals surface area contributed by atoms with Crippen molar-refractivity contribution in [3.63, 3.8) is 0 Å². The van der Waals surface area contributed by atoms with E-state index in [0.29, 0.717) is 5.75 Å². The SMILES string of the molecule is Cc1ccc(C)c(OCC(=O)N/N=C/c2cnn(C)c2)c1. The van der Waals surface area contributed by atoms with E-state index in [0.717, 1.165) is 16.7 Å². The molecule has 0 fully saturated rings. The first-order chi connectivity index (χ1) is 10.0. The summed E-state index contributed by atoms with van der Waals surface area (Å²) >= 11 is 0. The van der Waals surface area contributed by atoms with E-state index in [9.17, 15) is 4.79 Å². The van der Waals surface area contributed by atoms with E-state index < -0.39 is 0 Å². The number of hydrazone groups is 1. The van der Waals surface area contributed by atoms with Gasteiger partial charge in [0.1, 0.15) is 5.75 Å². The molecule has 2 aromatic rings. The summed E-state index contributed by atoms with van der Waals surface area (Å²) in [4.78, 5) is 11.6. The lowest BCUT2D eigenvalue weighted by Crippen LogP contribution is -2.24. The maximum Gasteiger partial charge on any atom is 0.277 e. The Labute approximate surface area is 123 Å². The van der Waals surface area contributed by atoms with Crippen molar-refractivity contribution in [1.82, 2.24) is 15.2 Å². The first-order valence-corrected chi connectivity index (χ1v) is 6.55. The summed E-state index contributed by atoms with van der Waals surface area (Å²) in [6.07, 6.45) is 4.98. The highest BCUT2D eigenvalue weighted by atomic mass is 16.5. The number of hydrogen-bond donors (Lipinski definition) is 1. The summed E-state index contributed by atoms with van der Waals surface area (Å²) in [5.74, 6) is 0.400. The molecule has 2 rings (SSSR count). The second-order valence-electron chi connectivity index (χ2n) is 4.80. The fourth-order valence-electron chi connectivity index (χ4n) is 1.72. The molecule has 0 saturated carbocycles. The van der Waals surface area contributed by atoms with Crippen LogP contribution in [-0.4, -0.2) is 28.5 Å². The van der Waals surface area contributed by atoms with Crippen molar-refractivity contribution in [2.45, 2.75) is 13.8 Å². The lowest BCUT2D eigenvalue weighted by molar-refractivity contribution is -0.123. The molecule has 21 heavy (non-hydrogen) atoms. The first-order valence-electron chi connectivity index (χ1n) is 6.55. The number of aromatic nitrogens is 2. The molecular formula is C15H18N4O2. The number of hydrogen-bond acceptors (Lipinski definition) is 4. The zero-order chi connectivity index (χ0) is 15.2. The van der Waals surface area contributed by atoms with Crippen LogP contribution in [0.2, 0.25) is 0 Å². The van der Waals surface area contributed by atoms with Crippen LogP contribution in [0.1, 0.15) is 16.7 Å². The maximum atomic E-state index is 11.6. The van der Waals surface area contributed by atoms with Gasteiger partial charge in [-0.25, -0.2) is 5.43 Å². The molecule has 0 unspecified atom stereocenters. The molecule has 1 heterocycles. The summed E-state index contributed by atoms with van der Waals surface area (Å²) < 4.78 is 7.14. The third kappa shape index (κ3) is 4.45.